The number of hydrogen-bond acceptors (Lipinski definition) is 2. The maximum atomic E-state index is 6.21. The summed E-state index contributed by atoms with van der Waals surface area (Å²) in [5, 5.41) is 0. The van der Waals surface area contributed by atoms with Crippen LogP contribution in [0.3, 0.4) is 0 Å². The van der Waals surface area contributed by atoms with Gasteiger partial charge in [-0.3, -0.25) is 0 Å². The van der Waals surface area contributed by atoms with E-state index in [0.717, 1.165) is 13.0 Å². The Kier molecular flexibility index (Phi) is 5.23. The van der Waals surface area contributed by atoms with Crippen LogP contribution in [-0.2, 0) is 4.74 Å². The van der Waals surface area contributed by atoms with Gasteiger partial charge in [-0.25, -0.2) is 0 Å². The molecule has 0 radical (unpaired) electrons. The Morgan fingerprint density at radius 1 is 1.79 bits per heavy atom. The number of alkyl halides is 1. The van der Waals surface area contributed by atoms with Crippen LogP contribution in [0.15, 0.2) is 12.2 Å². The van der Waals surface area contributed by atoms with E-state index < -0.39 is 0 Å². The number of nitrogens with zero attached hydrogens (tertiary/aromatic N) is 1. The molecule has 0 aromatic heterocycles. The van der Waals surface area contributed by atoms with Crippen molar-refractivity contribution in [3.63, 3.8) is 0 Å². The zero-order valence-electron chi connectivity index (χ0n) is 8.02. The molecule has 0 spiro atoms. The maximum Gasteiger partial charge on any atom is 0.134 e. The highest BCUT2D eigenvalue weighted by Crippen LogP contribution is 2.22. The largest absolute Gasteiger partial charge is 0.373 e. The molecule has 80 valence electrons. The third-order valence-corrected chi connectivity index (χ3v) is 3.13. The molecule has 14 heavy (non-hydrogen) atoms. The summed E-state index contributed by atoms with van der Waals surface area (Å²) in [6, 6.07) is 0. The van der Waals surface area contributed by atoms with Gasteiger partial charge in [-0.2, -0.15) is 0 Å². The number of allylic oxidation sites excluding steroid dienone is 1. The number of halogens is 1. The number of thiol groups is 1. The minimum Gasteiger partial charge on any atom is -0.373 e. The molecule has 2 nitrogen and oxygen atoms in total. The summed E-state index contributed by atoms with van der Waals surface area (Å²) in [4.78, 5) is 1.89. The highest BCUT2D eigenvalue weighted by molar-refractivity contribution is 8.10. The zero-order chi connectivity index (χ0) is 10.6. The first kappa shape index (κ1) is 12.3. The van der Waals surface area contributed by atoms with E-state index in [1.165, 1.54) is 0 Å². The van der Waals surface area contributed by atoms with Gasteiger partial charge in [0.15, 0.2) is 0 Å². The predicted octanol–water partition coefficient (Wildman–Crippen LogP) is 2.43. The molecule has 5 heteroatoms. The van der Waals surface area contributed by atoms with E-state index in [1.807, 2.05) is 24.0 Å². The Bertz CT molecular complexity index is 235. The monoisotopic (exact) mass is 251 g/mol. The van der Waals surface area contributed by atoms with Crippen molar-refractivity contribution >= 4 is 40.8 Å². The van der Waals surface area contributed by atoms with Crippen LogP contribution in [0.1, 0.15) is 13.3 Å². The van der Waals surface area contributed by atoms with Crippen LogP contribution in [0.2, 0.25) is 0 Å². The third-order valence-electron chi connectivity index (χ3n) is 2.12. The second-order valence-electron chi connectivity index (χ2n) is 3.06. The fourth-order valence-electron chi connectivity index (χ4n) is 1.36. The molecule has 1 heterocycles. The van der Waals surface area contributed by atoms with Crippen LogP contribution < -0.4 is 0 Å². The first-order valence-electron chi connectivity index (χ1n) is 4.53. The van der Waals surface area contributed by atoms with E-state index >= 15 is 0 Å². The second-order valence-corrected chi connectivity index (χ2v) is 4.62. The second kappa shape index (κ2) is 5.95. The lowest BCUT2D eigenvalue weighted by Gasteiger charge is -2.37. The van der Waals surface area contributed by atoms with E-state index in [4.69, 9.17) is 28.6 Å². The lowest BCUT2D eigenvalue weighted by atomic mass is 10.2. The van der Waals surface area contributed by atoms with Gasteiger partial charge >= 0.3 is 0 Å². The Balaban J connectivity index is 2.56. The van der Waals surface area contributed by atoms with Gasteiger partial charge in [0.25, 0.3) is 0 Å². The average Bonchev–Trinajstić information content (AvgIpc) is 2.16. The molecule has 2 atom stereocenters. The van der Waals surface area contributed by atoms with Crippen molar-refractivity contribution in [1.82, 2.24) is 4.90 Å². The van der Waals surface area contributed by atoms with Gasteiger partial charge in [0.1, 0.15) is 9.82 Å². The molecule has 2 unspecified atom stereocenters. The molecular formula is C9H14ClNOS2. The number of rotatable bonds is 2. The molecule has 1 fully saturated rings. The van der Waals surface area contributed by atoms with Crippen molar-refractivity contribution in [2.45, 2.75) is 24.9 Å². The summed E-state index contributed by atoms with van der Waals surface area (Å²) >= 11 is 15.3. The molecular weight excluding hydrogens is 238 g/mol. The summed E-state index contributed by atoms with van der Waals surface area (Å²) < 4.78 is 6.09. The van der Waals surface area contributed by atoms with E-state index in [9.17, 15) is 0 Å². The van der Waals surface area contributed by atoms with Crippen molar-refractivity contribution in [3.05, 3.63) is 12.2 Å². The third kappa shape index (κ3) is 3.12. The van der Waals surface area contributed by atoms with Crippen LogP contribution in [0.5, 0.6) is 0 Å². The van der Waals surface area contributed by atoms with Crippen molar-refractivity contribution in [2.24, 2.45) is 0 Å². The Morgan fingerprint density at radius 2 is 2.50 bits per heavy atom. The lowest BCUT2D eigenvalue weighted by molar-refractivity contribution is -0.0155. The van der Waals surface area contributed by atoms with Crippen LogP contribution in [0.4, 0.5) is 0 Å². The lowest BCUT2D eigenvalue weighted by Crippen LogP contribution is -2.49. The van der Waals surface area contributed by atoms with Gasteiger partial charge in [-0.1, -0.05) is 36.0 Å². The van der Waals surface area contributed by atoms with Gasteiger partial charge in [-0.15, -0.1) is 12.6 Å². The molecule has 1 aliphatic rings. The standard InChI is InChI=1S/C9H14ClNOS2/c1-2-3-4-7-8(10)11(9(13)14)5-6-12-7/h2-3,7-8H,4-6H2,1H3,(H,13,14). The van der Waals surface area contributed by atoms with Crippen molar-refractivity contribution < 1.29 is 4.74 Å². The SMILES string of the molecule is CC=CCC1OCCN(C(=S)S)C1Cl. The number of morpholine rings is 1. The van der Waals surface area contributed by atoms with E-state index in [2.05, 4.69) is 12.6 Å². The van der Waals surface area contributed by atoms with Crippen LogP contribution >= 0.6 is 36.4 Å². The first-order chi connectivity index (χ1) is 6.66. The summed E-state index contributed by atoms with van der Waals surface area (Å²) in [6.45, 7) is 3.36. The van der Waals surface area contributed by atoms with Gasteiger partial charge in [0.05, 0.1) is 12.7 Å². The van der Waals surface area contributed by atoms with Crippen LogP contribution in [-0.4, -0.2) is 34.0 Å². The van der Waals surface area contributed by atoms with Gasteiger partial charge in [-0.05, 0) is 13.3 Å². The minimum atomic E-state index is -0.204. The topological polar surface area (TPSA) is 12.5 Å². The fourth-order valence-corrected chi connectivity index (χ4v) is 2.28. The highest BCUT2D eigenvalue weighted by Gasteiger charge is 2.30. The number of hydrogen-bond donors (Lipinski definition) is 1. The molecule has 1 rings (SSSR count). The van der Waals surface area contributed by atoms with Gasteiger partial charge in [0, 0.05) is 6.54 Å². The van der Waals surface area contributed by atoms with Crippen molar-refractivity contribution in [2.75, 3.05) is 13.2 Å². The summed E-state index contributed by atoms with van der Waals surface area (Å²) in [5.41, 5.74) is -0.204. The van der Waals surface area contributed by atoms with Crippen LogP contribution in [0, 0.1) is 0 Å². The van der Waals surface area contributed by atoms with Gasteiger partial charge in [0.2, 0.25) is 0 Å². The summed E-state index contributed by atoms with van der Waals surface area (Å²) in [6.07, 6.45) is 4.86. The molecule has 0 N–H and O–H groups in total. The normalized spacial score (nSPS) is 28.4. The smallest absolute Gasteiger partial charge is 0.134 e. The van der Waals surface area contributed by atoms with E-state index in [0.29, 0.717) is 10.9 Å². The molecule has 0 bridgehead atoms. The van der Waals surface area contributed by atoms with E-state index in [1.54, 1.807) is 0 Å². The Morgan fingerprint density at radius 3 is 3.07 bits per heavy atom. The summed E-state index contributed by atoms with van der Waals surface area (Å²) in [5.74, 6) is 0. The zero-order valence-corrected chi connectivity index (χ0v) is 10.5. The van der Waals surface area contributed by atoms with Gasteiger partial charge < -0.3 is 9.64 Å². The average molecular weight is 252 g/mol. The minimum absolute atomic E-state index is 0.00622. The number of thiocarbonyl (C=S) groups is 1. The molecule has 1 saturated heterocycles. The number of ether oxygens (including phenoxy) is 1. The fraction of sp³-hybridized carbons (Fsp3) is 0.667. The molecule has 0 aromatic rings. The Labute approximate surface area is 101 Å². The van der Waals surface area contributed by atoms with Crippen molar-refractivity contribution in [3.8, 4) is 0 Å². The molecule has 0 aromatic carbocycles. The molecule has 1 aliphatic heterocycles. The highest BCUT2D eigenvalue weighted by atomic mass is 35.5. The molecule has 0 aliphatic carbocycles. The van der Waals surface area contributed by atoms with E-state index in [-0.39, 0.29) is 11.6 Å². The summed E-state index contributed by atoms with van der Waals surface area (Å²) in [7, 11) is 0. The molecule has 0 saturated carbocycles. The predicted molar refractivity (Wildman–Crippen MR) is 67.1 cm³/mol. The molecule has 0 amide bonds. The van der Waals surface area contributed by atoms with Crippen LogP contribution in [0.25, 0.3) is 0 Å². The Hall–Kier alpha value is 0.230. The van der Waals surface area contributed by atoms with Crippen molar-refractivity contribution in [1.29, 1.82) is 0 Å². The quantitative estimate of drug-likeness (QED) is 0.266. The maximum absolute atomic E-state index is 6.21. The first-order valence-corrected chi connectivity index (χ1v) is 5.82.